The second-order valence-corrected chi connectivity index (χ2v) is 4.16. The van der Waals surface area contributed by atoms with Gasteiger partial charge < -0.3 is 19.7 Å². The number of nitrogens with one attached hydrogen (secondary N) is 1. The lowest BCUT2D eigenvalue weighted by atomic mass is 10.4. The molecule has 19 heavy (non-hydrogen) atoms. The summed E-state index contributed by atoms with van der Waals surface area (Å²) in [7, 11) is 0. The zero-order valence-electron chi connectivity index (χ0n) is 11.6. The van der Waals surface area contributed by atoms with Crippen molar-refractivity contribution in [2.45, 2.75) is 20.3 Å². The summed E-state index contributed by atoms with van der Waals surface area (Å²) in [6.07, 6.45) is 0.978. The third-order valence-corrected chi connectivity index (χ3v) is 2.72. The monoisotopic (exact) mass is 267 g/mol. The molecule has 7 nitrogen and oxygen atoms in total. The SMILES string of the molecule is CCNc1nc(OCC)nc(N2CCCOCC2)n1. The van der Waals surface area contributed by atoms with E-state index in [-0.39, 0.29) is 0 Å². The van der Waals surface area contributed by atoms with E-state index in [0.717, 1.165) is 32.7 Å². The highest BCUT2D eigenvalue weighted by atomic mass is 16.5. The smallest absolute Gasteiger partial charge is 0.323 e. The van der Waals surface area contributed by atoms with E-state index in [1.54, 1.807) is 0 Å². The van der Waals surface area contributed by atoms with Gasteiger partial charge in [-0.15, -0.1) is 0 Å². The summed E-state index contributed by atoms with van der Waals surface area (Å²) in [5.74, 6) is 1.21. The van der Waals surface area contributed by atoms with Gasteiger partial charge in [0.2, 0.25) is 11.9 Å². The van der Waals surface area contributed by atoms with Crippen LogP contribution in [0.2, 0.25) is 0 Å². The van der Waals surface area contributed by atoms with Crippen molar-refractivity contribution in [1.82, 2.24) is 15.0 Å². The highest BCUT2D eigenvalue weighted by molar-refractivity contribution is 5.38. The molecule has 0 amide bonds. The fourth-order valence-electron chi connectivity index (χ4n) is 1.86. The fourth-order valence-corrected chi connectivity index (χ4v) is 1.86. The molecule has 0 bridgehead atoms. The van der Waals surface area contributed by atoms with Crippen LogP contribution in [0.3, 0.4) is 0 Å². The minimum absolute atomic E-state index is 0.369. The van der Waals surface area contributed by atoms with E-state index < -0.39 is 0 Å². The summed E-state index contributed by atoms with van der Waals surface area (Å²) in [6, 6.07) is 0.369. The first-order valence-corrected chi connectivity index (χ1v) is 6.79. The molecule has 1 N–H and O–H groups in total. The molecule has 1 aromatic heterocycles. The standard InChI is InChI=1S/C12H21N5O2/c1-3-13-10-14-11(16-12(15-10)19-4-2)17-6-5-8-18-9-7-17/h3-9H2,1-2H3,(H,13,14,15,16). The molecule has 0 spiro atoms. The average Bonchev–Trinajstić information content (AvgIpc) is 2.68. The van der Waals surface area contributed by atoms with Gasteiger partial charge >= 0.3 is 6.01 Å². The second-order valence-electron chi connectivity index (χ2n) is 4.16. The van der Waals surface area contributed by atoms with Crippen LogP contribution in [0, 0.1) is 0 Å². The lowest BCUT2D eigenvalue weighted by molar-refractivity contribution is 0.152. The van der Waals surface area contributed by atoms with Crippen LogP contribution in [-0.2, 0) is 4.74 Å². The highest BCUT2D eigenvalue weighted by Gasteiger charge is 2.15. The second kappa shape index (κ2) is 7.08. The third kappa shape index (κ3) is 3.92. The van der Waals surface area contributed by atoms with E-state index in [9.17, 15) is 0 Å². The summed E-state index contributed by atoms with van der Waals surface area (Å²) >= 11 is 0. The summed E-state index contributed by atoms with van der Waals surface area (Å²) in [5.41, 5.74) is 0. The molecule has 2 rings (SSSR count). The number of ether oxygens (including phenoxy) is 2. The molecule has 0 aromatic carbocycles. The number of aromatic nitrogens is 3. The Balaban J connectivity index is 2.20. The minimum atomic E-state index is 0.369. The van der Waals surface area contributed by atoms with Crippen LogP contribution in [0.1, 0.15) is 20.3 Å². The van der Waals surface area contributed by atoms with Gasteiger partial charge in [0.1, 0.15) is 0 Å². The first-order chi connectivity index (χ1) is 9.33. The number of hydrogen-bond donors (Lipinski definition) is 1. The summed E-state index contributed by atoms with van der Waals surface area (Å²) < 4.78 is 10.8. The van der Waals surface area contributed by atoms with Crippen LogP contribution >= 0.6 is 0 Å². The van der Waals surface area contributed by atoms with Gasteiger partial charge in [-0.25, -0.2) is 0 Å². The molecule has 0 atom stereocenters. The largest absolute Gasteiger partial charge is 0.464 e. The van der Waals surface area contributed by atoms with E-state index in [2.05, 4.69) is 25.2 Å². The summed E-state index contributed by atoms with van der Waals surface area (Å²) in [4.78, 5) is 15.1. The molecule has 2 heterocycles. The Morgan fingerprint density at radius 2 is 2.11 bits per heavy atom. The Hall–Kier alpha value is -1.63. The van der Waals surface area contributed by atoms with Crippen LogP contribution in [0.15, 0.2) is 0 Å². The summed E-state index contributed by atoms with van der Waals surface area (Å²) in [6.45, 7) is 8.39. The van der Waals surface area contributed by atoms with E-state index in [1.807, 2.05) is 13.8 Å². The molecule has 7 heteroatoms. The van der Waals surface area contributed by atoms with Crippen LogP contribution in [0.5, 0.6) is 6.01 Å². The number of anilines is 2. The van der Waals surface area contributed by atoms with Crippen LogP contribution < -0.4 is 15.0 Å². The molecule has 0 aliphatic carbocycles. The molecule has 1 saturated heterocycles. The van der Waals surface area contributed by atoms with Crippen molar-refractivity contribution in [3.05, 3.63) is 0 Å². The lowest BCUT2D eigenvalue weighted by Gasteiger charge is -2.20. The topological polar surface area (TPSA) is 72.4 Å². The Kier molecular flexibility index (Phi) is 5.14. The lowest BCUT2D eigenvalue weighted by Crippen LogP contribution is -2.28. The maximum atomic E-state index is 5.44. The van der Waals surface area contributed by atoms with E-state index >= 15 is 0 Å². The Bertz CT molecular complexity index is 369. The quantitative estimate of drug-likeness (QED) is 0.850. The molecule has 1 aromatic rings. The van der Waals surface area contributed by atoms with Crippen molar-refractivity contribution in [3.8, 4) is 6.01 Å². The van der Waals surface area contributed by atoms with Crippen molar-refractivity contribution in [2.24, 2.45) is 0 Å². The van der Waals surface area contributed by atoms with Crippen molar-refractivity contribution in [3.63, 3.8) is 0 Å². The molecule has 0 radical (unpaired) electrons. The molecule has 106 valence electrons. The highest BCUT2D eigenvalue weighted by Crippen LogP contribution is 2.16. The number of rotatable bonds is 5. The zero-order chi connectivity index (χ0) is 13.5. The van der Waals surface area contributed by atoms with Gasteiger partial charge in [-0.1, -0.05) is 0 Å². The van der Waals surface area contributed by atoms with Gasteiger partial charge in [0.25, 0.3) is 0 Å². The normalized spacial score (nSPS) is 16.0. The van der Waals surface area contributed by atoms with E-state index in [1.165, 1.54) is 0 Å². The van der Waals surface area contributed by atoms with Gasteiger partial charge in [0.15, 0.2) is 0 Å². The maximum absolute atomic E-state index is 5.44. The molecule has 1 aliphatic rings. The average molecular weight is 267 g/mol. The minimum Gasteiger partial charge on any atom is -0.464 e. The van der Waals surface area contributed by atoms with Crippen molar-refractivity contribution in [1.29, 1.82) is 0 Å². The Labute approximate surface area is 113 Å². The fraction of sp³-hybridized carbons (Fsp3) is 0.750. The molecule has 1 aliphatic heterocycles. The van der Waals surface area contributed by atoms with Crippen molar-refractivity contribution < 1.29 is 9.47 Å². The van der Waals surface area contributed by atoms with Crippen LogP contribution in [0.25, 0.3) is 0 Å². The van der Waals surface area contributed by atoms with Crippen LogP contribution in [-0.4, -0.2) is 54.4 Å². The van der Waals surface area contributed by atoms with Gasteiger partial charge in [-0.2, -0.15) is 15.0 Å². The zero-order valence-corrected chi connectivity index (χ0v) is 11.6. The van der Waals surface area contributed by atoms with Crippen LogP contribution in [0.4, 0.5) is 11.9 Å². The maximum Gasteiger partial charge on any atom is 0.323 e. The van der Waals surface area contributed by atoms with E-state index in [4.69, 9.17) is 9.47 Å². The number of hydrogen-bond acceptors (Lipinski definition) is 7. The molecule has 0 unspecified atom stereocenters. The number of nitrogens with zero attached hydrogens (tertiary/aromatic N) is 4. The first-order valence-electron chi connectivity index (χ1n) is 6.79. The molecule has 0 saturated carbocycles. The summed E-state index contributed by atoms with van der Waals surface area (Å²) in [5, 5.41) is 3.10. The van der Waals surface area contributed by atoms with Gasteiger partial charge in [-0.3, -0.25) is 0 Å². The van der Waals surface area contributed by atoms with Gasteiger partial charge in [-0.05, 0) is 20.3 Å². The van der Waals surface area contributed by atoms with Gasteiger partial charge in [0.05, 0.1) is 13.2 Å². The van der Waals surface area contributed by atoms with E-state index in [0.29, 0.717) is 31.1 Å². The Morgan fingerprint density at radius 3 is 2.89 bits per heavy atom. The first kappa shape index (κ1) is 13.8. The Morgan fingerprint density at radius 1 is 1.21 bits per heavy atom. The van der Waals surface area contributed by atoms with Gasteiger partial charge in [0, 0.05) is 26.2 Å². The third-order valence-electron chi connectivity index (χ3n) is 2.72. The predicted octanol–water partition coefficient (Wildman–Crippen LogP) is 0.929. The predicted molar refractivity (Wildman–Crippen MR) is 72.8 cm³/mol. The van der Waals surface area contributed by atoms with Crippen molar-refractivity contribution >= 4 is 11.9 Å². The van der Waals surface area contributed by atoms with Crippen molar-refractivity contribution in [2.75, 3.05) is 49.7 Å². The molecule has 1 fully saturated rings. The molecular formula is C12H21N5O2. The molecular weight excluding hydrogens is 246 g/mol.